The van der Waals surface area contributed by atoms with Gasteiger partial charge in [0.1, 0.15) is 5.75 Å². The van der Waals surface area contributed by atoms with Crippen molar-refractivity contribution >= 4 is 17.6 Å². The van der Waals surface area contributed by atoms with Crippen LogP contribution in [0.4, 0.5) is 4.79 Å². The van der Waals surface area contributed by atoms with E-state index in [1.807, 2.05) is 49.4 Å². The fourth-order valence-electron chi connectivity index (χ4n) is 1.95. The second kappa shape index (κ2) is 8.29. The number of amides is 2. The normalized spacial score (nSPS) is 10.1. The van der Waals surface area contributed by atoms with Crippen LogP contribution in [0.5, 0.6) is 5.75 Å². The van der Waals surface area contributed by atoms with Crippen molar-refractivity contribution in [1.82, 2.24) is 10.6 Å². The number of halogens is 1. The monoisotopic (exact) mass is 318 g/mol. The lowest BCUT2D eigenvalue weighted by Gasteiger charge is -2.10. The van der Waals surface area contributed by atoms with Crippen LogP contribution in [-0.2, 0) is 13.1 Å². The van der Waals surface area contributed by atoms with E-state index in [1.165, 1.54) is 0 Å². The average Bonchev–Trinajstić information content (AvgIpc) is 2.54. The van der Waals surface area contributed by atoms with Crippen molar-refractivity contribution in [2.45, 2.75) is 20.0 Å². The molecule has 0 bridgehead atoms. The van der Waals surface area contributed by atoms with E-state index >= 15 is 0 Å². The first-order valence-corrected chi connectivity index (χ1v) is 7.53. The van der Waals surface area contributed by atoms with Gasteiger partial charge in [-0.05, 0) is 30.2 Å². The standard InChI is InChI=1S/C17H19ClN2O2/c1-2-22-16-9-8-14(10-15(16)18)12-20-17(21)19-11-13-6-4-3-5-7-13/h3-10H,2,11-12H2,1H3,(H2,19,20,21). The van der Waals surface area contributed by atoms with E-state index in [2.05, 4.69) is 10.6 Å². The summed E-state index contributed by atoms with van der Waals surface area (Å²) >= 11 is 6.11. The number of carbonyl (C=O) groups is 1. The highest BCUT2D eigenvalue weighted by Gasteiger charge is 2.04. The van der Waals surface area contributed by atoms with Gasteiger partial charge in [-0.2, -0.15) is 0 Å². The topological polar surface area (TPSA) is 50.4 Å². The molecular formula is C17H19ClN2O2. The number of urea groups is 1. The number of carbonyl (C=O) groups excluding carboxylic acids is 1. The molecule has 4 nitrogen and oxygen atoms in total. The van der Waals surface area contributed by atoms with Gasteiger partial charge >= 0.3 is 6.03 Å². The third kappa shape index (κ3) is 4.97. The first-order valence-electron chi connectivity index (χ1n) is 7.16. The number of nitrogens with one attached hydrogen (secondary N) is 2. The fourth-order valence-corrected chi connectivity index (χ4v) is 2.21. The molecule has 0 unspecified atom stereocenters. The van der Waals surface area contributed by atoms with Crippen molar-refractivity contribution in [1.29, 1.82) is 0 Å². The van der Waals surface area contributed by atoms with Crippen molar-refractivity contribution in [3.8, 4) is 5.75 Å². The summed E-state index contributed by atoms with van der Waals surface area (Å²) in [6.07, 6.45) is 0. The molecule has 0 spiro atoms. The van der Waals surface area contributed by atoms with Crippen LogP contribution in [-0.4, -0.2) is 12.6 Å². The quantitative estimate of drug-likeness (QED) is 0.852. The van der Waals surface area contributed by atoms with Crippen molar-refractivity contribution < 1.29 is 9.53 Å². The average molecular weight is 319 g/mol. The lowest BCUT2D eigenvalue weighted by molar-refractivity contribution is 0.240. The van der Waals surface area contributed by atoms with Crippen molar-refractivity contribution in [2.75, 3.05) is 6.61 Å². The Balaban J connectivity index is 1.80. The first kappa shape index (κ1) is 16.2. The fraction of sp³-hybridized carbons (Fsp3) is 0.235. The van der Waals surface area contributed by atoms with Crippen LogP contribution >= 0.6 is 11.6 Å². The lowest BCUT2D eigenvalue weighted by Crippen LogP contribution is -2.34. The van der Waals surface area contributed by atoms with Crippen LogP contribution in [0, 0.1) is 0 Å². The zero-order chi connectivity index (χ0) is 15.8. The summed E-state index contributed by atoms with van der Waals surface area (Å²) in [4.78, 5) is 11.8. The first-order chi connectivity index (χ1) is 10.7. The second-order valence-corrected chi connectivity index (χ2v) is 5.13. The van der Waals surface area contributed by atoms with Crippen molar-refractivity contribution in [2.24, 2.45) is 0 Å². The zero-order valence-electron chi connectivity index (χ0n) is 12.4. The predicted molar refractivity (Wildman–Crippen MR) is 88.1 cm³/mol. The molecule has 0 aliphatic carbocycles. The smallest absolute Gasteiger partial charge is 0.315 e. The molecule has 0 aromatic heterocycles. The summed E-state index contributed by atoms with van der Waals surface area (Å²) in [6, 6.07) is 15.0. The maximum atomic E-state index is 11.8. The van der Waals surface area contributed by atoms with E-state index in [-0.39, 0.29) is 6.03 Å². The molecule has 0 aliphatic rings. The number of hydrogen-bond donors (Lipinski definition) is 2. The van der Waals surface area contributed by atoms with Gasteiger partial charge in [0.25, 0.3) is 0 Å². The molecule has 0 radical (unpaired) electrons. The molecular weight excluding hydrogens is 300 g/mol. The van der Waals surface area contributed by atoms with Gasteiger partial charge in [0, 0.05) is 13.1 Å². The lowest BCUT2D eigenvalue weighted by atomic mass is 10.2. The molecule has 0 atom stereocenters. The van der Waals surface area contributed by atoms with E-state index in [1.54, 1.807) is 6.07 Å². The molecule has 0 heterocycles. The van der Waals surface area contributed by atoms with Gasteiger partial charge in [0.15, 0.2) is 0 Å². The molecule has 2 N–H and O–H groups in total. The van der Waals surface area contributed by atoms with E-state index in [9.17, 15) is 4.79 Å². The summed E-state index contributed by atoms with van der Waals surface area (Å²) in [5.74, 6) is 0.654. The van der Waals surface area contributed by atoms with E-state index in [0.717, 1.165) is 11.1 Å². The van der Waals surface area contributed by atoms with Gasteiger partial charge in [-0.15, -0.1) is 0 Å². The molecule has 0 fully saturated rings. The Labute approximate surface area is 135 Å². The van der Waals surface area contributed by atoms with Crippen LogP contribution in [0.25, 0.3) is 0 Å². The molecule has 2 aromatic rings. The predicted octanol–water partition coefficient (Wildman–Crippen LogP) is 3.74. The van der Waals surface area contributed by atoms with Crippen LogP contribution in [0.1, 0.15) is 18.1 Å². The molecule has 116 valence electrons. The second-order valence-electron chi connectivity index (χ2n) is 4.72. The van der Waals surface area contributed by atoms with E-state index in [0.29, 0.717) is 30.5 Å². The van der Waals surface area contributed by atoms with Gasteiger partial charge in [-0.1, -0.05) is 48.0 Å². The molecule has 0 saturated heterocycles. The van der Waals surface area contributed by atoms with Gasteiger partial charge < -0.3 is 15.4 Å². The Morgan fingerprint density at radius 2 is 1.73 bits per heavy atom. The van der Waals surface area contributed by atoms with Crippen LogP contribution in [0.2, 0.25) is 5.02 Å². The highest BCUT2D eigenvalue weighted by Crippen LogP contribution is 2.25. The summed E-state index contributed by atoms with van der Waals surface area (Å²) < 4.78 is 5.37. The zero-order valence-corrected chi connectivity index (χ0v) is 13.2. The van der Waals surface area contributed by atoms with Crippen LogP contribution in [0.3, 0.4) is 0 Å². The minimum absolute atomic E-state index is 0.214. The number of hydrogen-bond acceptors (Lipinski definition) is 2. The molecule has 5 heteroatoms. The largest absolute Gasteiger partial charge is 0.492 e. The van der Waals surface area contributed by atoms with Gasteiger partial charge in [0.2, 0.25) is 0 Å². The Kier molecular flexibility index (Phi) is 6.10. The van der Waals surface area contributed by atoms with Crippen LogP contribution in [0.15, 0.2) is 48.5 Å². The molecule has 2 aromatic carbocycles. The molecule has 0 saturated carbocycles. The van der Waals surface area contributed by atoms with Gasteiger partial charge in [-0.25, -0.2) is 4.79 Å². The maximum absolute atomic E-state index is 11.8. The Morgan fingerprint density at radius 3 is 2.36 bits per heavy atom. The minimum atomic E-state index is -0.214. The molecule has 0 aliphatic heterocycles. The summed E-state index contributed by atoms with van der Waals surface area (Å²) in [5.41, 5.74) is 1.98. The highest BCUT2D eigenvalue weighted by molar-refractivity contribution is 6.32. The van der Waals surface area contributed by atoms with E-state index < -0.39 is 0 Å². The maximum Gasteiger partial charge on any atom is 0.315 e. The SMILES string of the molecule is CCOc1ccc(CNC(=O)NCc2ccccc2)cc1Cl. The summed E-state index contributed by atoms with van der Waals surface area (Å²) in [5, 5.41) is 6.15. The third-order valence-corrected chi connectivity index (χ3v) is 3.34. The van der Waals surface area contributed by atoms with Crippen molar-refractivity contribution in [3.63, 3.8) is 0 Å². The van der Waals surface area contributed by atoms with E-state index in [4.69, 9.17) is 16.3 Å². The summed E-state index contributed by atoms with van der Waals surface area (Å²) in [6.45, 7) is 3.38. The number of rotatable bonds is 6. The van der Waals surface area contributed by atoms with Gasteiger partial charge in [-0.3, -0.25) is 0 Å². The number of benzene rings is 2. The number of ether oxygens (including phenoxy) is 1. The Hall–Kier alpha value is -2.20. The Bertz CT molecular complexity index is 617. The minimum Gasteiger partial charge on any atom is -0.492 e. The van der Waals surface area contributed by atoms with Crippen molar-refractivity contribution in [3.05, 3.63) is 64.7 Å². The highest BCUT2D eigenvalue weighted by atomic mass is 35.5. The molecule has 2 rings (SSSR count). The Morgan fingerprint density at radius 1 is 1.05 bits per heavy atom. The summed E-state index contributed by atoms with van der Waals surface area (Å²) in [7, 11) is 0. The van der Waals surface area contributed by atoms with Crippen LogP contribution < -0.4 is 15.4 Å². The molecule has 2 amide bonds. The third-order valence-electron chi connectivity index (χ3n) is 3.05. The van der Waals surface area contributed by atoms with Gasteiger partial charge in [0.05, 0.1) is 11.6 Å². The molecule has 22 heavy (non-hydrogen) atoms.